The largest absolute Gasteiger partial charge is 0.467 e. The van der Waals surface area contributed by atoms with E-state index < -0.39 is 6.10 Å². The van der Waals surface area contributed by atoms with Crippen LogP contribution in [0.3, 0.4) is 0 Å². The van der Waals surface area contributed by atoms with Gasteiger partial charge < -0.3 is 14.8 Å². The van der Waals surface area contributed by atoms with Gasteiger partial charge in [0.05, 0.1) is 24.6 Å². The molecule has 0 fully saturated rings. The van der Waals surface area contributed by atoms with Gasteiger partial charge in [0, 0.05) is 12.2 Å². The highest BCUT2D eigenvalue weighted by atomic mass is 16.4. The van der Waals surface area contributed by atoms with Gasteiger partial charge in [0.15, 0.2) is 0 Å². The van der Waals surface area contributed by atoms with E-state index in [1.165, 1.54) is 6.26 Å². The van der Waals surface area contributed by atoms with Crippen molar-refractivity contribution in [3.63, 3.8) is 0 Å². The fourth-order valence-corrected chi connectivity index (χ4v) is 2.07. The van der Waals surface area contributed by atoms with Crippen molar-refractivity contribution in [3.05, 3.63) is 41.6 Å². The first kappa shape index (κ1) is 15.3. The molecule has 114 valence electrons. The minimum Gasteiger partial charge on any atom is -0.467 e. The highest BCUT2D eigenvalue weighted by Gasteiger charge is 2.17. The molecule has 0 saturated heterocycles. The lowest BCUT2D eigenvalue weighted by Gasteiger charge is -2.10. The second-order valence-electron chi connectivity index (χ2n) is 5.46. The number of nitrogens with one attached hydrogen (secondary N) is 1. The Kier molecular flexibility index (Phi) is 4.80. The minimum atomic E-state index is -0.852. The van der Waals surface area contributed by atoms with Crippen LogP contribution in [0.1, 0.15) is 41.8 Å². The maximum Gasteiger partial charge on any atom is 0.254 e. The number of furan rings is 1. The molecule has 0 radical (unpaired) electrons. The zero-order valence-electron chi connectivity index (χ0n) is 12.5. The van der Waals surface area contributed by atoms with Crippen LogP contribution >= 0.6 is 0 Å². The summed E-state index contributed by atoms with van der Waals surface area (Å²) in [5.41, 5.74) is 1.36. The molecule has 1 atom stereocenters. The van der Waals surface area contributed by atoms with Crippen molar-refractivity contribution < 1.29 is 14.3 Å². The minimum absolute atomic E-state index is 0.0984. The summed E-state index contributed by atoms with van der Waals surface area (Å²) in [5.74, 6) is 0.649. The monoisotopic (exact) mass is 291 g/mol. The van der Waals surface area contributed by atoms with Gasteiger partial charge in [-0.2, -0.15) is 5.10 Å². The number of aliphatic hydroxyl groups is 1. The molecule has 1 amide bonds. The summed E-state index contributed by atoms with van der Waals surface area (Å²) >= 11 is 0. The van der Waals surface area contributed by atoms with Crippen molar-refractivity contribution in [3.8, 4) is 0 Å². The van der Waals surface area contributed by atoms with Crippen LogP contribution in [0.2, 0.25) is 0 Å². The summed E-state index contributed by atoms with van der Waals surface area (Å²) in [7, 11) is 0. The molecule has 2 N–H and O–H groups in total. The molecule has 2 heterocycles. The van der Waals surface area contributed by atoms with Crippen LogP contribution in [0.25, 0.3) is 0 Å². The third kappa shape index (κ3) is 3.72. The Bertz CT molecular complexity index is 587. The van der Waals surface area contributed by atoms with Crippen LogP contribution in [0.5, 0.6) is 0 Å². The number of rotatable bonds is 6. The number of carbonyl (C=O) groups excluding carboxylic acids is 1. The van der Waals surface area contributed by atoms with Gasteiger partial charge in [0.1, 0.15) is 11.9 Å². The lowest BCUT2D eigenvalue weighted by atomic mass is 10.2. The topological polar surface area (TPSA) is 80.3 Å². The van der Waals surface area contributed by atoms with Crippen molar-refractivity contribution in [2.75, 3.05) is 6.54 Å². The number of hydrogen-bond donors (Lipinski definition) is 2. The van der Waals surface area contributed by atoms with E-state index in [1.807, 2.05) is 11.6 Å². The van der Waals surface area contributed by atoms with Gasteiger partial charge in [-0.1, -0.05) is 13.8 Å². The molecule has 0 saturated carbocycles. The number of aromatic nitrogens is 2. The predicted octanol–water partition coefficient (Wildman–Crippen LogP) is 1.90. The Hall–Kier alpha value is -2.08. The molecule has 0 bridgehead atoms. The van der Waals surface area contributed by atoms with Crippen LogP contribution in [0.15, 0.2) is 29.0 Å². The Labute approximate surface area is 123 Å². The van der Waals surface area contributed by atoms with Crippen molar-refractivity contribution >= 4 is 5.91 Å². The van der Waals surface area contributed by atoms with E-state index in [4.69, 9.17) is 4.42 Å². The van der Waals surface area contributed by atoms with Gasteiger partial charge in [0.2, 0.25) is 0 Å². The summed E-state index contributed by atoms with van der Waals surface area (Å²) in [6.45, 7) is 6.93. The third-order valence-electron chi connectivity index (χ3n) is 3.21. The molecule has 21 heavy (non-hydrogen) atoms. The molecular weight excluding hydrogens is 270 g/mol. The fourth-order valence-electron chi connectivity index (χ4n) is 2.07. The van der Waals surface area contributed by atoms with Gasteiger partial charge >= 0.3 is 0 Å². The molecule has 1 unspecified atom stereocenters. The lowest BCUT2D eigenvalue weighted by Crippen LogP contribution is -2.28. The summed E-state index contributed by atoms with van der Waals surface area (Å²) in [6.07, 6.45) is 2.20. The highest BCUT2D eigenvalue weighted by molar-refractivity contribution is 5.95. The van der Waals surface area contributed by atoms with Gasteiger partial charge in [-0.3, -0.25) is 9.48 Å². The molecule has 0 spiro atoms. The van der Waals surface area contributed by atoms with Crippen LogP contribution in [-0.4, -0.2) is 27.3 Å². The van der Waals surface area contributed by atoms with Crippen molar-refractivity contribution in [1.29, 1.82) is 0 Å². The number of nitrogens with zero attached hydrogens (tertiary/aromatic N) is 2. The summed E-state index contributed by atoms with van der Waals surface area (Å²) in [4.78, 5) is 12.1. The van der Waals surface area contributed by atoms with E-state index in [2.05, 4.69) is 24.3 Å². The van der Waals surface area contributed by atoms with Crippen LogP contribution in [0.4, 0.5) is 0 Å². The number of aliphatic hydroxyl groups excluding tert-OH is 1. The third-order valence-corrected chi connectivity index (χ3v) is 3.21. The smallest absolute Gasteiger partial charge is 0.254 e. The van der Waals surface area contributed by atoms with Crippen LogP contribution < -0.4 is 5.32 Å². The molecule has 0 aliphatic heterocycles. The van der Waals surface area contributed by atoms with E-state index in [1.54, 1.807) is 18.3 Å². The van der Waals surface area contributed by atoms with E-state index in [0.717, 1.165) is 12.2 Å². The lowest BCUT2D eigenvalue weighted by molar-refractivity contribution is 0.0900. The summed E-state index contributed by atoms with van der Waals surface area (Å²) in [5, 5.41) is 16.8. The number of hydrogen-bond acceptors (Lipinski definition) is 4. The van der Waals surface area contributed by atoms with Crippen LogP contribution in [0, 0.1) is 12.8 Å². The molecule has 2 aromatic rings. The first-order valence-corrected chi connectivity index (χ1v) is 7.01. The Morgan fingerprint density at radius 2 is 2.29 bits per heavy atom. The maximum absolute atomic E-state index is 12.1. The Morgan fingerprint density at radius 3 is 2.90 bits per heavy atom. The highest BCUT2D eigenvalue weighted by Crippen LogP contribution is 2.13. The van der Waals surface area contributed by atoms with Gasteiger partial charge in [-0.05, 0) is 25.0 Å². The maximum atomic E-state index is 12.1. The average Bonchev–Trinajstić information content (AvgIpc) is 3.07. The summed E-state index contributed by atoms with van der Waals surface area (Å²) < 4.78 is 6.91. The molecule has 2 rings (SSSR count). The fraction of sp³-hybridized carbons (Fsp3) is 0.467. The van der Waals surface area contributed by atoms with E-state index in [0.29, 0.717) is 17.2 Å². The van der Waals surface area contributed by atoms with Crippen molar-refractivity contribution in [2.45, 2.75) is 33.4 Å². The Morgan fingerprint density at radius 1 is 1.52 bits per heavy atom. The molecular formula is C15H21N3O3. The first-order valence-electron chi connectivity index (χ1n) is 7.01. The van der Waals surface area contributed by atoms with E-state index >= 15 is 0 Å². The average molecular weight is 291 g/mol. The Balaban J connectivity index is 1.96. The molecule has 6 heteroatoms. The van der Waals surface area contributed by atoms with Gasteiger partial charge in [-0.15, -0.1) is 0 Å². The van der Waals surface area contributed by atoms with Gasteiger partial charge in [-0.25, -0.2) is 0 Å². The quantitative estimate of drug-likeness (QED) is 0.852. The predicted molar refractivity (Wildman–Crippen MR) is 77.8 cm³/mol. The van der Waals surface area contributed by atoms with Gasteiger partial charge in [0.25, 0.3) is 5.91 Å². The van der Waals surface area contributed by atoms with E-state index in [-0.39, 0.29) is 12.5 Å². The van der Waals surface area contributed by atoms with Crippen LogP contribution in [-0.2, 0) is 6.54 Å². The second kappa shape index (κ2) is 6.58. The zero-order chi connectivity index (χ0) is 15.4. The molecule has 0 aromatic carbocycles. The van der Waals surface area contributed by atoms with Crippen molar-refractivity contribution in [2.24, 2.45) is 5.92 Å². The standard InChI is InChI=1S/C15H21N3O3/c1-10(2)9-18-11(3)12(7-17-18)15(20)16-8-13(19)14-5-4-6-21-14/h4-7,10,13,19H,8-9H2,1-3H3,(H,16,20). The summed E-state index contributed by atoms with van der Waals surface area (Å²) in [6, 6.07) is 3.36. The molecule has 2 aromatic heterocycles. The number of carbonyl (C=O) groups is 1. The van der Waals surface area contributed by atoms with Crippen molar-refractivity contribution in [1.82, 2.24) is 15.1 Å². The molecule has 6 nitrogen and oxygen atoms in total. The number of amides is 1. The van der Waals surface area contributed by atoms with E-state index in [9.17, 15) is 9.90 Å². The second-order valence-corrected chi connectivity index (χ2v) is 5.46. The first-order chi connectivity index (χ1) is 9.99. The molecule has 0 aliphatic carbocycles. The zero-order valence-corrected chi connectivity index (χ0v) is 12.5. The normalized spacial score (nSPS) is 12.6. The SMILES string of the molecule is Cc1c(C(=O)NCC(O)c2ccco2)cnn1CC(C)C. The molecule has 0 aliphatic rings.